The minimum absolute atomic E-state index is 0.00298. The first-order valence-electron chi connectivity index (χ1n) is 5.94. The number of aromatic nitrogens is 1. The van der Waals surface area contributed by atoms with Gasteiger partial charge in [0, 0.05) is 6.07 Å². The topological polar surface area (TPSA) is 77.9 Å². The smallest absolute Gasteiger partial charge is 0.354 e. The first-order valence-corrected chi connectivity index (χ1v) is 5.94. The minimum atomic E-state index is -1.06. The number of aromatic carboxylic acids is 1. The fraction of sp³-hybridized carbons (Fsp3) is 0.143. The molecule has 2 aromatic rings. The molecule has 0 bridgehead atoms. The molecule has 1 aliphatic heterocycles. The maximum atomic E-state index is 10.8. The summed E-state index contributed by atoms with van der Waals surface area (Å²) in [5.74, 6) is 0.866. The van der Waals surface area contributed by atoms with Crippen molar-refractivity contribution < 1.29 is 24.1 Å². The van der Waals surface area contributed by atoms with Crippen LogP contribution in [0.4, 0.5) is 0 Å². The fourth-order valence-corrected chi connectivity index (χ4v) is 1.80. The van der Waals surface area contributed by atoms with Gasteiger partial charge in [-0.1, -0.05) is 6.07 Å². The summed E-state index contributed by atoms with van der Waals surface area (Å²) in [7, 11) is 0. The van der Waals surface area contributed by atoms with E-state index >= 15 is 0 Å². The molecule has 20 heavy (non-hydrogen) atoms. The number of hydrogen-bond acceptors (Lipinski definition) is 5. The SMILES string of the molecule is O=C(O)c1cccc(COc2ccc3c(c2)OCO3)n1. The Balaban J connectivity index is 1.70. The number of benzene rings is 1. The van der Waals surface area contributed by atoms with Gasteiger partial charge < -0.3 is 19.3 Å². The lowest BCUT2D eigenvalue weighted by Crippen LogP contribution is -2.04. The van der Waals surface area contributed by atoms with E-state index in [4.69, 9.17) is 19.3 Å². The largest absolute Gasteiger partial charge is 0.487 e. The zero-order valence-corrected chi connectivity index (χ0v) is 10.4. The van der Waals surface area contributed by atoms with E-state index in [1.54, 1.807) is 30.3 Å². The van der Waals surface area contributed by atoms with Crippen LogP contribution in [-0.4, -0.2) is 22.9 Å². The van der Waals surface area contributed by atoms with Crippen LogP contribution in [0, 0.1) is 0 Å². The van der Waals surface area contributed by atoms with Crippen molar-refractivity contribution >= 4 is 5.97 Å². The minimum Gasteiger partial charge on any atom is -0.487 e. The number of pyridine rings is 1. The van der Waals surface area contributed by atoms with Gasteiger partial charge in [0.2, 0.25) is 6.79 Å². The predicted octanol–water partition coefficient (Wildman–Crippen LogP) is 2.09. The first-order chi connectivity index (χ1) is 9.72. The second-order valence-corrected chi connectivity index (χ2v) is 4.12. The van der Waals surface area contributed by atoms with Crippen LogP contribution in [0.1, 0.15) is 16.2 Å². The van der Waals surface area contributed by atoms with Crippen LogP contribution in [0.15, 0.2) is 36.4 Å². The van der Waals surface area contributed by atoms with Gasteiger partial charge in [-0.05, 0) is 24.3 Å². The van der Waals surface area contributed by atoms with E-state index in [0.29, 0.717) is 22.9 Å². The lowest BCUT2D eigenvalue weighted by atomic mass is 10.3. The number of rotatable bonds is 4. The molecule has 1 N–H and O–H groups in total. The molecule has 1 aromatic carbocycles. The highest BCUT2D eigenvalue weighted by Crippen LogP contribution is 2.35. The lowest BCUT2D eigenvalue weighted by Gasteiger charge is -2.07. The van der Waals surface area contributed by atoms with Crippen LogP contribution < -0.4 is 14.2 Å². The molecular weight excluding hydrogens is 262 g/mol. The van der Waals surface area contributed by atoms with Crippen LogP contribution in [0.3, 0.4) is 0 Å². The molecule has 102 valence electrons. The Kier molecular flexibility index (Phi) is 3.12. The van der Waals surface area contributed by atoms with Crippen molar-refractivity contribution in [2.45, 2.75) is 6.61 Å². The Morgan fingerprint density at radius 1 is 1.25 bits per heavy atom. The van der Waals surface area contributed by atoms with Crippen LogP contribution in [0.25, 0.3) is 0 Å². The highest BCUT2D eigenvalue weighted by Gasteiger charge is 2.14. The van der Waals surface area contributed by atoms with E-state index in [2.05, 4.69) is 4.98 Å². The maximum absolute atomic E-state index is 10.8. The van der Waals surface area contributed by atoms with Crippen molar-refractivity contribution in [2.24, 2.45) is 0 Å². The second kappa shape index (κ2) is 5.08. The van der Waals surface area contributed by atoms with Gasteiger partial charge >= 0.3 is 5.97 Å². The number of hydrogen-bond donors (Lipinski definition) is 1. The van der Waals surface area contributed by atoms with E-state index in [0.717, 1.165) is 0 Å². The molecule has 0 saturated heterocycles. The van der Waals surface area contributed by atoms with Gasteiger partial charge in [-0.15, -0.1) is 0 Å². The number of carbonyl (C=O) groups is 1. The van der Waals surface area contributed by atoms with Crippen LogP contribution in [0.5, 0.6) is 17.2 Å². The van der Waals surface area contributed by atoms with Crippen LogP contribution in [-0.2, 0) is 6.61 Å². The summed E-state index contributed by atoms with van der Waals surface area (Å²) in [5, 5.41) is 8.87. The Bertz CT molecular complexity index is 656. The van der Waals surface area contributed by atoms with E-state index in [1.165, 1.54) is 6.07 Å². The zero-order valence-electron chi connectivity index (χ0n) is 10.4. The fourth-order valence-electron chi connectivity index (χ4n) is 1.80. The van der Waals surface area contributed by atoms with Gasteiger partial charge in [-0.2, -0.15) is 0 Å². The summed E-state index contributed by atoms with van der Waals surface area (Å²) in [6.07, 6.45) is 0. The number of carboxylic acids is 1. The summed E-state index contributed by atoms with van der Waals surface area (Å²) >= 11 is 0. The molecule has 6 heteroatoms. The standard InChI is InChI=1S/C14H11NO5/c16-14(17)11-3-1-2-9(15-11)7-18-10-4-5-12-13(6-10)20-8-19-12/h1-6H,7-8H2,(H,16,17). The normalized spacial score (nSPS) is 12.2. The van der Waals surface area contributed by atoms with E-state index < -0.39 is 5.97 Å². The molecule has 0 unspecified atom stereocenters. The summed E-state index contributed by atoms with van der Waals surface area (Å²) < 4.78 is 16.0. The lowest BCUT2D eigenvalue weighted by molar-refractivity contribution is 0.0690. The second-order valence-electron chi connectivity index (χ2n) is 4.12. The van der Waals surface area contributed by atoms with Gasteiger partial charge in [-0.25, -0.2) is 9.78 Å². The Morgan fingerprint density at radius 2 is 2.10 bits per heavy atom. The van der Waals surface area contributed by atoms with Gasteiger partial charge in [0.25, 0.3) is 0 Å². The monoisotopic (exact) mass is 273 g/mol. The summed E-state index contributed by atoms with van der Waals surface area (Å²) in [4.78, 5) is 14.8. The summed E-state index contributed by atoms with van der Waals surface area (Å²) in [5.41, 5.74) is 0.541. The number of carboxylic acid groups (broad SMARTS) is 1. The van der Waals surface area contributed by atoms with Crippen molar-refractivity contribution in [3.63, 3.8) is 0 Å². The molecule has 0 fully saturated rings. The van der Waals surface area contributed by atoms with Crippen molar-refractivity contribution in [3.05, 3.63) is 47.8 Å². The van der Waals surface area contributed by atoms with Crippen LogP contribution in [0.2, 0.25) is 0 Å². The predicted molar refractivity (Wildman–Crippen MR) is 68.1 cm³/mol. The van der Waals surface area contributed by atoms with Crippen molar-refractivity contribution in [1.29, 1.82) is 0 Å². The van der Waals surface area contributed by atoms with E-state index in [1.807, 2.05) is 0 Å². The first kappa shape index (κ1) is 12.3. The van der Waals surface area contributed by atoms with Gasteiger partial charge in [0.1, 0.15) is 18.1 Å². The quantitative estimate of drug-likeness (QED) is 0.919. The average molecular weight is 273 g/mol. The van der Waals surface area contributed by atoms with Crippen molar-refractivity contribution in [2.75, 3.05) is 6.79 Å². The molecule has 1 aliphatic rings. The van der Waals surface area contributed by atoms with Gasteiger partial charge in [-0.3, -0.25) is 0 Å². The van der Waals surface area contributed by atoms with E-state index in [9.17, 15) is 4.79 Å². The third-order valence-electron chi connectivity index (χ3n) is 2.76. The molecule has 0 atom stereocenters. The number of ether oxygens (including phenoxy) is 3. The molecule has 0 saturated carbocycles. The third-order valence-corrected chi connectivity index (χ3v) is 2.76. The molecule has 0 spiro atoms. The molecule has 1 aromatic heterocycles. The van der Waals surface area contributed by atoms with Gasteiger partial charge in [0.15, 0.2) is 11.5 Å². The molecule has 2 heterocycles. The summed E-state index contributed by atoms with van der Waals surface area (Å²) in [6, 6.07) is 10.0. The van der Waals surface area contributed by atoms with Gasteiger partial charge in [0.05, 0.1) is 5.69 Å². The van der Waals surface area contributed by atoms with Crippen molar-refractivity contribution in [1.82, 2.24) is 4.98 Å². The maximum Gasteiger partial charge on any atom is 0.354 e. The Labute approximate surface area is 114 Å². The third kappa shape index (κ3) is 2.49. The number of fused-ring (bicyclic) bond motifs is 1. The zero-order chi connectivity index (χ0) is 13.9. The summed E-state index contributed by atoms with van der Waals surface area (Å²) in [6.45, 7) is 0.391. The van der Waals surface area contributed by atoms with E-state index in [-0.39, 0.29) is 19.1 Å². The molecule has 6 nitrogen and oxygen atoms in total. The molecule has 0 amide bonds. The number of nitrogens with zero attached hydrogens (tertiary/aromatic N) is 1. The molecule has 0 aliphatic carbocycles. The Morgan fingerprint density at radius 3 is 2.95 bits per heavy atom. The molecular formula is C14H11NO5. The Hall–Kier alpha value is -2.76. The highest BCUT2D eigenvalue weighted by molar-refractivity contribution is 5.85. The highest BCUT2D eigenvalue weighted by atomic mass is 16.7. The molecule has 3 rings (SSSR count). The molecule has 0 radical (unpaired) electrons. The van der Waals surface area contributed by atoms with Crippen LogP contribution >= 0.6 is 0 Å². The average Bonchev–Trinajstić information content (AvgIpc) is 2.93. The van der Waals surface area contributed by atoms with Crippen molar-refractivity contribution in [3.8, 4) is 17.2 Å².